The van der Waals surface area contributed by atoms with Crippen LogP contribution in [0.2, 0.25) is 0 Å². The van der Waals surface area contributed by atoms with E-state index in [0.717, 1.165) is 17.9 Å². The van der Waals surface area contributed by atoms with Gasteiger partial charge in [-0.25, -0.2) is 4.98 Å². The lowest BCUT2D eigenvalue weighted by Gasteiger charge is -2.28. The Labute approximate surface area is 162 Å². The second-order valence-corrected chi connectivity index (χ2v) is 6.96. The molecule has 1 aliphatic heterocycles. The summed E-state index contributed by atoms with van der Waals surface area (Å²) in [5.74, 6) is -1.79. The maximum Gasteiger partial charge on any atom is 0.322 e. The first kappa shape index (κ1) is 19.7. The maximum atomic E-state index is 12.6. The van der Waals surface area contributed by atoms with Crippen molar-refractivity contribution >= 4 is 17.8 Å². The summed E-state index contributed by atoms with van der Waals surface area (Å²) in [5.41, 5.74) is 0.343. The smallest absolute Gasteiger partial charge is 0.322 e. The van der Waals surface area contributed by atoms with Gasteiger partial charge in [0.2, 0.25) is 5.88 Å². The van der Waals surface area contributed by atoms with Gasteiger partial charge in [0.25, 0.3) is 11.8 Å². The van der Waals surface area contributed by atoms with Crippen LogP contribution in [0.3, 0.4) is 0 Å². The molecular formula is C19H23N3O6. The van der Waals surface area contributed by atoms with Crippen LogP contribution in [0.25, 0.3) is 0 Å². The quantitative estimate of drug-likeness (QED) is 0.538. The molecule has 3 N–H and O–H groups in total. The number of carbonyl (C=O) groups is 3. The van der Waals surface area contributed by atoms with Gasteiger partial charge in [-0.1, -0.05) is 18.9 Å². The molecule has 28 heavy (non-hydrogen) atoms. The van der Waals surface area contributed by atoms with Gasteiger partial charge < -0.3 is 25.2 Å². The van der Waals surface area contributed by atoms with Crippen molar-refractivity contribution in [3.8, 4) is 5.88 Å². The molecule has 9 heteroatoms. The van der Waals surface area contributed by atoms with Gasteiger partial charge in [-0.15, -0.1) is 0 Å². The summed E-state index contributed by atoms with van der Waals surface area (Å²) in [6, 6.07) is 3.54. The van der Waals surface area contributed by atoms with Crippen LogP contribution in [-0.4, -0.2) is 57.6 Å². The Balaban J connectivity index is 1.57. The van der Waals surface area contributed by atoms with E-state index in [2.05, 4.69) is 10.3 Å². The first-order valence-electron chi connectivity index (χ1n) is 9.23. The van der Waals surface area contributed by atoms with Crippen molar-refractivity contribution in [3.05, 3.63) is 35.2 Å². The highest BCUT2D eigenvalue weighted by Gasteiger charge is 2.32. The van der Waals surface area contributed by atoms with Crippen LogP contribution in [0.5, 0.6) is 5.88 Å². The van der Waals surface area contributed by atoms with E-state index < -0.39 is 29.9 Å². The number of aliphatic carboxylic acids is 1. The molecule has 3 rings (SSSR count). The Kier molecular flexibility index (Phi) is 6.13. The number of rotatable bonds is 9. The van der Waals surface area contributed by atoms with Crippen LogP contribution >= 0.6 is 0 Å². The van der Waals surface area contributed by atoms with Crippen LogP contribution in [0, 0.1) is 5.92 Å². The molecule has 150 valence electrons. The lowest BCUT2D eigenvalue weighted by atomic mass is 10.1. The van der Waals surface area contributed by atoms with Gasteiger partial charge >= 0.3 is 5.97 Å². The molecule has 1 aromatic heterocycles. The first-order chi connectivity index (χ1) is 13.4. The highest BCUT2D eigenvalue weighted by Crippen LogP contribution is 2.32. The van der Waals surface area contributed by atoms with Crippen LogP contribution < -0.4 is 10.1 Å². The van der Waals surface area contributed by atoms with Crippen molar-refractivity contribution in [3.63, 3.8) is 0 Å². The number of ether oxygens (including phenoxy) is 1. The Hall–Kier alpha value is -3.10. The van der Waals surface area contributed by atoms with E-state index in [9.17, 15) is 19.5 Å². The summed E-state index contributed by atoms with van der Waals surface area (Å²) in [6.07, 6.45) is 5.33. The van der Waals surface area contributed by atoms with Gasteiger partial charge in [-0.2, -0.15) is 0 Å². The summed E-state index contributed by atoms with van der Waals surface area (Å²) in [7, 11) is 0. The monoisotopic (exact) mass is 389 g/mol. The maximum absolute atomic E-state index is 12.6. The predicted molar refractivity (Wildman–Crippen MR) is 97.4 cm³/mol. The standard InChI is InChI=1S/C19H23N3O6/c23-14-5-7-22(19(27)17(14)18(26)21-10-16(24)25)11-13-3-4-15(20-9-13)28-8-6-12-1-2-12/h3-4,9,12,23H,1-2,5-8,10-11H2,(H,21,26)(H,24,25). The van der Waals surface area contributed by atoms with Crippen molar-refractivity contribution < 1.29 is 29.3 Å². The Morgan fingerprint density at radius 2 is 2.11 bits per heavy atom. The number of hydrogen-bond acceptors (Lipinski definition) is 6. The lowest BCUT2D eigenvalue weighted by Crippen LogP contribution is -2.43. The van der Waals surface area contributed by atoms with Gasteiger partial charge in [0, 0.05) is 31.8 Å². The molecule has 1 fully saturated rings. The van der Waals surface area contributed by atoms with E-state index in [1.54, 1.807) is 18.3 Å². The summed E-state index contributed by atoms with van der Waals surface area (Å²) in [6.45, 7) is 0.479. The summed E-state index contributed by atoms with van der Waals surface area (Å²) in [4.78, 5) is 40.8. The molecule has 0 saturated heterocycles. The molecule has 0 radical (unpaired) electrons. The van der Waals surface area contributed by atoms with E-state index in [0.29, 0.717) is 12.5 Å². The SMILES string of the molecule is O=C(O)CNC(=O)C1=C(O)CCN(Cc2ccc(OCCC3CC3)nc2)C1=O. The minimum Gasteiger partial charge on any atom is -0.511 e. The van der Waals surface area contributed by atoms with Crippen molar-refractivity contribution in [2.24, 2.45) is 5.92 Å². The van der Waals surface area contributed by atoms with Crippen molar-refractivity contribution in [2.75, 3.05) is 19.7 Å². The van der Waals surface area contributed by atoms with E-state index in [1.165, 1.54) is 17.7 Å². The number of aliphatic hydroxyl groups excluding tert-OH is 1. The van der Waals surface area contributed by atoms with Gasteiger partial charge in [0.1, 0.15) is 17.9 Å². The zero-order chi connectivity index (χ0) is 20.1. The summed E-state index contributed by atoms with van der Waals surface area (Å²) >= 11 is 0. The molecule has 1 aliphatic carbocycles. The molecule has 0 unspecified atom stereocenters. The van der Waals surface area contributed by atoms with Gasteiger partial charge in [0.05, 0.1) is 6.61 Å². The van der Waals surface area contributed by atoms with E-state index in [-0.39, 0.29) is 25.3 Å². The summed E-state index contributed by atoms with van der Waals surface area (Å²) in [5, 5.41) is 20.7. The molecule has 0 spiro atoms. The third kappa shape index (κ3) is 5.21. The number of nitrogens with zero attached hydrogens (tertiary/aromatic N) is 2. The van der Waals surface area contributed by atoms with Crippen molar-refractivity contribution in [1.82, 2.24) is 15.2 Å². The molecule has 1 saturated carbocycles. The lowest BCUT2D eigenvalue weighted by molar-refractivity contribution is -0.138. The van der Waals surface area contributed by atoms with Crippen LogP contribution in [-0.2, 0) is 20.9 Å². The zero-order valence-electron chi connectivity index (χ0n) is 15.4. The molecule has 0 aromatic carbocycles. The van der Waals surface area contributed by atoms with Crippen LogP contribution in [0.1, 0.15) is 31.2 Å². The third-order valence-corrected chi connectivity index (χ3v) is 4.68. The van der Waals surface area contributed by atoms with Crippen LogP contribution in [0.15, 0.2) is 29.7 Å². The zero-order valence-corrected chi connectivity index (χ0v) is 15.4. The average Bonchev–Trinajstić information content (AvgIpc) is 3.48. The molecule has 9 nitrogen and oxygen atoms in total. The predicted octanol–water partition coefficient (Wildman–Crippen LogP) is 1.01. The van der Waals surface area contributed by atoms with E-state index in [1.807, 2.05) is 0 Å². The number of amides is 2. The molecule has 2 heterocycles. The largest absolute Gasteiger partial charge is 0.511 e. The average molecular weight is 389 g/mol. The van der Waals surface area contributed by atoms with Crippen molar-refractivity contribution in [1.29, 1.82) is 0 Å². The Morgan fingerprint density at radius 1 is 1.32 bits per heavy atom. The minimum atomic E-state index is -1.24. The molecule has 1 aromatic rings. The normalized spacial score (nSPS) is 16.9. The number of hydrogen-bond donors (Lipinski definition) is 3. The fraction of sp³-hybridized carbons (Fsp3) is 0.474. The molecule has 0 bridgehead atoms. The minimum absolute atomic E-state index is 0.122. The van der Waals surface area contributed by atoms with Crippen LogP contribution in [0.4, 0.5) is 0 Å². The number of nitrogens with one attached hydrogen (secondary N) is 1. The molecular weight excluding hydrogens is 366 g/mol. The second-order valence-electron chi connectivity index (χ2n) is 6.96. The molecule has 2 amide bonds. The Bertz CT molecular complexity index is 785. The molecule has 2 aliphatic rings. The highest BCUT2D eigenvalue weighted by atomic mass is 16.5. The fourth-order valence-electron chi connectivity index (χ4n) is 2.92. The number of carbonyl (C=O) groups excluding carboxylic acids is 2. The van der Waals surface area contributed by atoms with E-state index >= 15 is 0 Å². The number of aliphatic hydroxyl groups is 1. The van der Waals surface area contributed by atoms with E-state index in [4.69, 9.17) is 9.84 Å². The third-order valence-electron chi connectivity index (χ3n) is 4.68. The second kappa shape index (κ2) is 8.73. The molecule has 0 atom stereocenters. The topological polar surface area (TPSA) is 129 Å². The van der Waals surface area contributed by atoms with Gasteiger partial charge in [-0.05, 0) is 17.9 Å². The first-order valence-corrected chi connectivity index (χ1v) is 9.23. The summed E-state index contributed by atoms with van der Waals surface area (Å²) < 4.78 is 5.60. The van der Waals surface area contributed by atoms with Crippen molar-refractivity contribution in [2.45, 2.75) is 32.2 Å². The number of carboxylic acids is 1. The Morgan fingerprint density at radius 3 is 2.75 bits per heavy atom. The number of aromatic nitrogens is 1. The fourth-order valence-corrected chi connectivity index (χ4v) is 2.92. The van der Waals surface area contributed by atoms with Gasteiger partial charge in [0.15, 0.2) is 0 Å². The highest BCUT2D eigenvalue weighted by molar-refractivity contribution is 6.19. The number of pyridine rings is 1. The van der Waals surface area contributed by atoms with Gasteiger partial charge in [-0.3, -0.25) is 14.4 Å². The number of carboxylic acid groups (broad SMARTS) is 1.